The molecule has 248 valence electrons. The van der Waals surface area contributed by atoms with E-state index in [1.807, 2.05) is 80.7 Å². The highest BCUT2D eigenvalue weighted by Crippen LogP contribution is 2.60. The predicted octanol–water partition coefficient (Wildman–Crippen LogP) is 5.22. The molecule has 11 heteroatoms. The van der Waals surface area contributed by atoms with Crippen LogP contribution in [0.2, 0.25) is 23.7 Å². The fourth-order valence-corrected chi connectivity index (χ4v) is 10.5. The van der Waals surface area contributed by atoms with Crippen LogP contribution in [0.5, 0.6) is 0 Å². The molecule has 47 heavy (non-hydrogen) atoms. The lowest BCUT2D eigenvalue weighted by molar-refractivity contribution is -0.150. The van der Waals surface area contributed by atoms with Gasteiger partial charge in [-0.15, -0.1) is 0 Å². The van der Waals surface area contributed by atoms with Gasteiger partial charge in [0.2, 0.25) is 11.8 Å². The summed E-state index contributed by atoms with van der Waals surface area (Å²) in [6.07, 6.45) is 0.627. The van der Waals surface area contributed by atoms with E-state index in [-0.39, 0.29) is 43.8 Å². The Hall–Kier alpha value is -3.54. The summed E-state index contributed by atoms with van der Waals surface area (Å²) >= 11 is 6.54. The van der Waals surface area contributed by atoms with Crippen molar-refractivity contribution in [2.75, 3.05) is 29.5 Å². The highest BCUT2D eigenvalue weighted by molar-refractivity contribution is 6.71. The first kappa shape index (κ1) is 33.4. The van der Waals surface area contributed by atoms with Gasteiger partial charge < -0.3 is 29.3 Å². The highest BCUT2D eigenvalue weighted by atomic mass is 35.5. The van der Waals surface area contributed by atoms with Crippen molar-refractivity contribution >= 4 is 49.0 Å². The molecule has 9 nitrogen and oxygen atoms in total. The summed E-state index contributed by atoms with van der Waals surface area (Å²) in [4.78, 5) is 57.5. The zero-order valence-electron chi connectivity index (χ0n) is 27.1. The Morgan fingerprint density at radius 1 is 1.06 bits per heavy atom. The van der Waals surface area contributed by atoms with Gasteiger partial charge in [-0.2, -0.15) is 0 Å². The molecule has 3 heterocycles. The molecular formula is C36H42ClN3O6Si. The van der Waals surface area contributed by atoms with Crippen molar-refractivity contribution in [2.24, 2.45) is 5.92 Å². The van der Waals surface area contributed by atoms with Gasteiger partial charge in [-0.25, -0.2) is 0 Å². The highest BCUT2D eigenvalue weighted by Gasteiger charge is 2.66. The normalized spacial score (nSPS) is 24.0. The van der Waals surface area contributed by atoms with Gasteiger partial charge >= 0.3 is 0 Å². The van der Waals surface area contributed by atoms with Gasteiger partial charge in [-0.1, -0.05) is 61.0 Å². The van der Waals surface area contributed by atoms with E-state index in [0.717, 1.165) is 23.2 Å². The molecule has 1 spiro atoms. The summed E-state index contributed by atoms with van der Waals surface area (Å²) in [7, 11) is -3.00. The fourth-order valence-electron chi connectivity index (χ4n) is 7.81. The first-order valence-corrected chi connectivity index (χ1v) is 19.7. The van der Waals surface area contributed by atoms with E-state index in [2.05, 4.69) is 0 Å². The van der Waals surface area contributed by atoms with Crippen LogP contribution in [0, 0.1) is 5.92 Å². The van der Waals surface area contributed by atoms with Gasteiger partial charge in [0.25, 0.3) is 5.91 Å². The molecule has 0 aliphatic carbocycles. The molecular weight excluding hydrogens is 634 g/mol. The number of carbonyl (C=O) groups is 3. The van der Waals surface area contributed by atoms with Crippen LogP contribution < -0.4 is 9.80 Å². The number of ether oxygens (including phenoxy) is 1. The van der Waals surface area contributed by atoms with E-state index in [4.69, 9.17) is 16.3 Å². The number of rotatable bonds is 10. The average Bonchev–Trinajstić information content (AvgIpc) is 3.66. The molecule has 2 N–H and O–H groups in total. The summed E-state index contributed by atoms with van der Waals surface area (Å²) in [5.41, 5.74) is 2.10. The maximum absolute atomic E-state index is 14.7. The summed E-state index contributed by atoms with van der Waals surface area (Å²) in [5, 5.41) is 10.2. The van der Waals surface area contributed by atoms with Gasteiger partial charge in [-0.05, 0) is 61.0 Å². The maximum Gasteiger partial charge on any atom is 0.264 e. The van der Waals surface area contributed by atoms with Crippen LogP contribution in [0.25, 0.3) is 0 Å². The van der Waals surface area contributed by atoms with Crippen molar-refractivity contribution in [3.05, 3.63) is 94.5 Å². The molecule has 2 fully saturated rings. The zero-order chi connectivity index (χ0) is 33.5. The maximum atomic E-state index is 14.7. The molecule has 0 unspecified atom stereocenters. The number of nitrogens with zero attached hydrogens (tertiary/aromatic N) is 3. The van der Waals surface area contributed by atoms with Crippen molar-refractivity contribution in [1.29, 1.82) is 0 Å². The Bertz CT molecular complexity index is 1650. The van der Waals surface area contributed by atoms with Crippen LogP contribution in [0.4, 0.5) is 11.4 Å². The van der Waals surface area contributed by atoms with Crippen molar-refractivity contribution in [3.63, 3.8) is 0 Å². The van der Waals surface area contributed by atoms with Crippen LogP contribution in [0.1, 0.15) is 42.9 Å². The summed E-state index contributed by atoms with van der Waals surface area (Å²) in [6, 6.07) is 22.6. The number of amides is 3. The molecule has 0 bridgehead atoms. The third-order valence-corrected chi connectivity index (χ3v) is 12.7. The number of hydrogen-bond donors (Lipinski definition) is 2. The van der Waals surface area contributed by atoms with Gasteiger partial charge in [-0.3, -0.25) is 14.4 Å². The molecule has 3 aromatic rings. The van der Waals surface area contributed by atoms with Crippen LogP contribution in [-0.4, -0.2) is 66.6 Å². The molecule has 4 atom stereocenters. The first-order valence-electron chi connectivity index (χ1n) is 16.3. The summed E-state index contributed by atoms with van der Waals surface area (Å²) in [5.74, 6) is -0.808. The Balaban J connectivity index is 1.31. The number of carbonyl (C=O) groups excluding carboxylic acids is 3. The van der Waals surface area contributed by atoms with Crippen LogP contribution in [-0.2, 0) is 37.8 Å². The van der Waals surface area contributed by atoms with Crippen molar-refractivity contribution < 1.29 is 29.0 Å². The topological polar surface area (TPSA) is 111 Å². The molecule has 3 amide bonds. The standard InChI is InChI=1S/C36H42ClN3O6Si/c1-24-34(47(2,3)45)31(21-33(43)38(18-19-41)22-25-8-5-4-6-9-25)46-36(24)29-20-27(37)13-16-30(29)40(35(36)44)23-26-11-14-28(15-12-26)39-17-7-10-32(39)42/h4-6,8-9,11-16,20,24,31,34,41,45H,7,10,17-19,21-23H2,1-3H3/t24-,31+,34-,36+/m0/s1. The molecule has 0 aromatic heterocycles. The van der Waals surface area contributed by atoms with Crippen LogP contribution in [0.3, 0.4) is 0 Å². The third-order valence-electron chi connectivity index (χ3n) is 9.92. The monoisotopic (exact) mass is 675 g/mol. The van der Waals surface area contributed by atoms with Gasteiger partial charge in [0.15, 0.2) is 13.9 Å². The quantitative estimate of drug-likeness (QED) is 0.285. The van der Waals surface area contributed by atoms with Crippen molar-refractivity contribution in [2.45, 2.75) is 69.6 Å². The van der Waals surface area contributed by atoms with Gasteiger partial charge in [0.05, 0.1) is 31.4 Å². The zero-order valence-corrected chi connectivity index (χ0v) is 28.8. The lowest BCUT2D eigenvalue weighted by atomic mass is 9.82. The number of halogens is 1. The number of anilines is 2. The minimum atomic E-state index is -3.00. The Morgan fingerprint density at radius 2 is 1.79 bits per heavy atom. The van der Waals surface area contributed by atoms with Gasteiger partial charge in [0, 0.05) is 53.8 Å². The van der Waals surface area contributed by atoms with Crippen molar-refractivity contribution in [3.8, 4) is 0 Å². The minimum absolute atomic E-state index is 0.0412. The number of aliphatic hydroxyl groups excluding tert-OH is 1. The predicted molar refractivity (Wildman–Crippen MR) is 183 cm³/mol. The number of aliphatic hydroxyl groups is 1. The molecule has 3 aliphatic heterocycles. The smallest absolute Gasteiger partial charge is 0.264 e. The molecule has 0 radical (unpaired) electrons. The fraction of sp³-hybridized carbons (Fsp3) is 0.417. The number of benzene rings is 3. The summed E-state index contributed by atoms with van der Waals surface area (Å²) in [6.45, 7) is 6.85. The first-order chi connectivity index (χ1) is 22.4. The van der Waals surface area contributed by atoms with E-state index in [0.29, 0.717) is 35.8 Å². The summed E-state index contributed by atoms with van der Waals surface area (Å²) < 4.78 is 6.84. The largest absolute Gasteiger partial charge is 0.432 e. The second-order valence-electron chi connectivity index (χ2n) is 13.5. The molecule has 3 aliphatic rings. The van der Waals surface area contributed by atoms with Crippen LogP contribution in [0.15, 0.2) is 72.8 Å². The SMILES string of the molecule is C[C@H]1[C@H]([Si](C)(C)O)[C@@H](CC(=O)N(CCO)Cc2ccccc2)O[C@]12C(=O)N(Cc1ccc(N3CCCC3=O)cc1)c1ccc(Cl)cc12. The molecule has 0 saturated carbocycles. The Labute approximate surface area is 281 Å². The Kier molecular flexibility index (Phi) is 9.34. The van der Waals surface area contributed by atoms with E-state index < -0.39 is 31.5 Å². The molecule has 6 rings (SSSR count). The number of hydrogen-bond acceptors (Lipinski definition) is 6. The minimum Gasteiger partial charge on any atom is -0.432 e. The Morgan fingerprint density at radius 3 is 2.43 bits per heavy atom. The second kappa shape index (κ2) is 13.2. The molecule has 3 aromatic carbocycles. The third kappa shape index (κ3) is 6.25. The average molecular weight is 676 g/mol. The second-order valence-corrected chi connectivity index (χ2v) is 17.9. The van der Waals surface area contributed by atoms with E-state index >= 15 is 0 Å². The van der Waals surface area contributed by atoms with Crippen molar-refractivity contribution in [1.82, 2.24) is 4.90 Å². The lowest BCUT2D eigenvalue weighted by Crippen LogP contribution is -2.46. The van der Waals surface area contributed by atoms with Gasteiger partial charge in [0.1, 0.15) is 0 Å². The van der Waals surface area contributed by atoms with E-state index in [1.54, 1.807) is 26.8 Å². The molecule has 2 saturated heterocycles. The van der Waals surface area contributed by atoms with Crippen LogP contribution >= 0.6 is 11.6 Å². The van der Waals surface area contributed by atoms with E-state index in [1.165, 1.54) is 0 Å². The lowest BCUT2D eigenvalue weighted by Gasteiger charge is -2.32. The number of fused-ring (bicyclic) bond motifs is 2. The van der Waals surface area contributed by atoms with E-state index in [9.17, 15) is 24.3 Å².